The van der Waals surface area contributed by atoms with E-state index in [1.165, 1.54) is 0 Å². The first-order valence-electron chi connectivity index (χ1n) is 6.91. The Balaban J connectivity index is 1.83. The van der Waals surface area contributed by atoms with Crippen LogP contribution in [-0.4, -0.2) is 10.8 Å². The molecular weight excluding hydrogens is 258 g/mol. The van der Waals surface area contributed by atoms with Crippen molar-refractivity contribution in [2.45, 2.75) is 6.42 Å². The topological polar surface area (TPSA) is 30.0 Å². The van der Waals surface area contributed by atoms with E-state index in [4.69, 9.17) is 0 Å². The van der Waals surface area contributed by atoms with Gasteiger partial charge in [0.2, 0.25) is 0 Å². The minimum Gasteiger partial charge on any atom is -0.294 e. The molecule has 2 nitrogen and oxygen atoms in total. The predicted molar refractivity (Wildman–Crippen MR) is 84.1 cm³/mol. The number of hydrogen-bond donors (Lipinski definition) is 0. The third-order valence-electron chi connectivity index (χ3n) is 3.35. The van der Waals surface area contributed by atoms with Gasteiger partial charge in [0, 0.05) is 23.7 Å². The van der Waals surface area contributed by atoms with Gasteiger partial charge in [-0.3, -0.25) is 9.78 Å². The van der Waals surface area contributed by atoms with Crippen LogP contribution in [0.4, 0.5) is 0 Å². The minimum atomic E-state index is 0.133. The first-order valence-corrected chi connectivity index (χ1v) is 6.91. The number of aromatic nitrogens is 1. The molecule has 3 rings (SSSR count). The fourth-order valence-electron chi connectivity index (χ4n) is 2.29. The second-order valence-corrected chi connectivity index (χ2v) is 4.88. The Hall–Kier alpha value is -2.74. The SMILES string of the molecule is O=C(Cc1cccc(-c2ccccn2)c1)c1ccccc1. The Bertz CT molecular complexity index is 736. The highest BCUT2D eigenvalue weighted by Crippen LogP contribution is 2.18. The summed E-state index contributed by atoms with van der Waals surface area (Å²) in [6.45, 7) is 0. The van der Waals surface area contributed by atoms with Crippen LogP contribution in [0, 0.1) is 0 Å². The van der Waals surface area contributed by atoms with Crippen molar-refractivity contribution in [1.82, 2.24) is 4.98 Å². The average molecular weight is 273 g/mol. The van der Waals surface area contributed by atoms with Crippen molar-refractivity contribution in [3.8, 4) is 11.3 Å². The van der Waals surface area contributed by atoms with Crippen molar-refractivity contribution in [3.05, 3.63) is 90.1 Å². The van der Waals surface area contributed by atoms with Gasteiger partial charge in [-0.15, -0.1) is 0 Å². The van der Waals surface area contributed by atoms with E-state index in [2.05, 4.69) is 4.98 Å². The maximum Gasteiger partial charge on any atom is 0.167 e. The van der Waals surface area contributed by atoms with E-state index in [1.54, 1.807) is 6.20 Å². The molecule has 102 valence electrons. The van der Waals surface area contributed by atoms with Crippen molar-refractivity contribution in [1.29, 1.82) is 0 Å². The Morgan fingerprint density at radius 2 is 1.67 bits per heavy atom. The Kier molecular flexibility index (Phi) is 3.88. The molecule has 3 aromatic rings. The van der Waals surface area contributed by atoms with Crippen LogP contribution < -0.4 is 0 Å². The summed E-state index contributed by atoms with van der Waals surface area (Å²) < 4.78 is 0. The molecule has 2 aromatic carbocycles. The van der Waals surface area contributed by atoms with E-state index in [9.17, 15) is 4.79 Å². The third kappa shape index (κ3) is 3.23. The fourth-order valence-corrected chi connectivity index (χ4v) is 2.29. The van der Waals surface area contributed by atoms with E-state index in [-0.39, 0.29) is 5.78 Å². The molecule has 0 amide bonds. The average Bonchev–Trinajstić information content (AvgIpc) is 2.57. The van der Waals surface area contributed by atoms with Crippen LogP contribution in [0.3, 0.4) is 0 Å². The van der Waals surface area contributed by atoms with Gasteiger partial charge in [0.25, 0.3) is 0 Å². The molecule has 1 heterocycles. The zero-order valence-corrected chi connectivity index (χ0v) is 11.6. The van der Waals surface area contributed by atoms with Gasteiger partial charge in [-0.2, -0.15) is 0 Å². The van der Waals surface area contributed by atoms with E-state index in [0.717, 1.165) is 22.4 Å². The monoisotopic (exact) mass is 273 g/mol. The molecular formula is C19H15NO. The van der Waals surface area contributed by atoms with Gasteiger partial charge in [0.1, 0.15) is 0 Å². The molecule has 0 atom stereocenters. The summed E-state index contributed by atoms with van der Waals surface area (Å²) in [5, 5.41) is 0. The van der Waals surface area contributed by atoms with Crippen molar-refractivity contribution in [2.24, 2.45) is 0 Å². The van der Waals surface area contributed by atoms with E-state index >= 15 is 0 Å². The van der Waals surface area contributed by atoms with Gasteiger partial charge in [0.15, 0.2) is 5.78 Å². The molecule has 1 aromatic heterocycles. The number of carbonyl (C=O) groups is 1. The van der Waals surface area contributed by atoms with Gasteiger partial charge < -0.3 is 0 Å². The lowest BCUT2D eigenvalue weighted by molar-refractivity contribution is 0.0993. The highest BCUT2D eigenvalue weighted by Gasteiger charge is 2.07. The number of Topliss-reactive ketones (excluding diaryl/α,β-unsaturated/α-hetero) is 1. The van der Waals surface area contributed by atoms with Crippen molar-refractivity contribution >= 4 is 5.78 Å². The van der Waals surface area contributed by atoms with Crippen molar-refractivity contribution in [3.63, 3.8) is 0 Å². The lowest BCUT2D eigenvalue weighted by Gasteiger charge is -2.05. The maximum atomic E-state index is 12.2. The summed E-state index contributed by atoms with van der Waals surface area (Å²) >= 11 is 0. The molecule has 0 spiro atoms. The highest BCUT2D eigenvalue weighted by atomic mass is 16.1. The third-order valence-corrected chi connectivity index (χ3v) is 3.35. The zero-order valence-electron chi connectivity index (χ0n) is 11.6. The van der Waals surface area contributed by atoms with E-state index in [0.29, 0.717) is 6.42 Å². The molecule has 0 radical (unpaired) electrons. The molecule has 0 unspecified atom stereocenters. The quantitative estimate of drug-likeness (QED) is 0.668. The smallest absolute Gasteiger partial charge is 0.167 e. The van der Waals surface area contributed by atoms with Gasteiger partial charge in [-0.25, -0.2) is 0 Å². The second-order valence-electron chi connectivity index (χ2n) is 4.88. The molecule has 0 N–H and O–H groups in total. The standard InChI is InChI=1S/C19H15NO/c21-19(16-8-2-1-3-9-16)14-15-7-6-10-17(13-15)18-11-4-5-12-20-18/h1-13H,14H2. The summed E-state index contributed by atoms with van der Waals surface area (Å²) in [5.41, 5.74) is 3.72. The molecule has 0 aliphatic heterocycles. The largest absolute Gasteiger partial charge is 0.294 e. The van der Waals surface area contributed by atoms with E-state index < -0.39 is 0 Å². The Morgan fingerprint density at radius 1 is 0.857 bits per heavy atom. The Labute approximate surface area is 124 Å². The second kappa shape index (κ2) is 6.14. The normalized spacial score (nSPS) is 10.3. The molecule has 0 fully saturated rings. The molecule has 21 heavy (non-hydrogen) atoms. The number of carbonyl (C=O) groups excluding carboxylic acids is 1. The number of nitrogens with zero attached hydrogens (tertiary/aromatic N) is 1. The Morgan fingerprint density at radius 3 is 2.43 bits per heavy atom. The number of pyridine rings is 1. The van der Waals surface area contributed by atoms with Gasteiger partial charge in [-0.1, -0.05) is 54.6 Å². The molecule has 0 aliphatic rings. The minimum absolute atomic E-state index is 0.133. The molecule has 0 saturated carbocycles. The van der Waals surface area contributed by atoms with Crippen LogP contribution in [0.15, 0.2) is 79.0 Å². The van der Waals surface area contributed by atoms with Crippen LogP contribution in [0.25, 0.3) is 11.3 Å². The fraction of sp³-hybridized carbons (Fsp3) is 0.0526. The van der Waals surface area contributed by atoms with Crippen LogP contribution in [0.1, 0.15) is 15.9 Å². The molecule has 0 aliphatic carbocycles. The number of ketones is 1. The summed E-state index contributed by atoms with van der Waals surface area (Å²) in [6, 6.07) is 23.2. The zero-order chi connectivity index (χ0) is 14.5. The first kappa shape index (κ1) is 13.3. The van der Waals surface area contributed by atoms with Crippen molar-refractivity contribution in [2.75, 3.05) is 0 Å². The summed E-state index contributed by atoms with van der Waals surface area (Å²) in [6.07, 6.45) is 2.18. The van der Waals surface area contributed by atoms with Crippen LogP contribution >= 0.6 is 0 Å². The lowest BCUT2D eigenvalue weighted by atomic mass is 10.0. The van der Waals surface area contributed by atoms with Gasteiger partial charge >= 0.3 is 0 Å². The molecule has 0 saturated heterocycles. The van der Waals surface area contributed by atoms with Crippen molar-refractivity contribution < 1.29 is 4.79 Å². The first-order chi connectivity index (χ1) is 10.3. The van der Waals surface area contributed by atoms with Crippen LogP contribution in [0.5, 0.6) is 0 Å². The van der Waals surface area contributed by atoms with Gasteiger partial charge in [0.05, 0.1) is 5.69 Å². The molecule has 2 heteroatoms. The lowest BCUT2D eigenvalue weighted by Crippen LogP contribution is -2.03. The van der Waals surface area contributed by atoms with Gasteiger partial charge in [-0.05, 0) is 23.8 Å². The summed E-state index contributed by atoms with van der Waals surface area (Å²) in [4.78, 5) is 16.6. The number of benzene rings is 2. The predicted octanol–water partition coefficient (Wildman–Crippen LogP) is 4.17. The van der Waals surface area contributed by atoms with Crippen LogP contribution in [0.2, 0.25) is 0 Å². The summed E-state index contributed by atoms with van der Waals surface area (Å²) in [7, 11) is 0. The van der Waals surface area contributed by atoms with E-state index in [1.807, 2.05) is 72.8 Å². The number of hydrogen-bond acceptors (Lipinski definition) is 2. The molecule has 0 bridgehead atoms. The highest BCUT2D eigenvalue weighted by molar-refractivity contribution is 5.97. The van der Waals surface area contributed by atoms with Crippen LogP contribution in [-0.2, 0) is 6.42 Å². The summed E-state index contributed by atoms with van der Waals surface area (Å²) in [5.74, 6) is 0.133. The number of rotatable bonds is 4. The maximum absolute atomic E-state index is 12.2.